The smallest absolute Gasteiger partial charge is 0.232 e. The van der Waals surface area contributed by atoms with Gasteiger partial charge in [0.25, 0.3) is 0 Å². The van der Waals surface area contributed by atoms with E-state index >= 15 is 0 Å². The van der Waals surface area contributed by atoms with Gasteiger partial charge in [0.1, 0.15) is 0 Å². The molecule has 1 aliphatic rings. The third kappa shape index (κ3) is 3.66. The summed E-state index contributed by atoms with van der Waals surface area (Å²) in [4.78, 5) is 24.6. The lowest BCUT2D eigenvalue weighted by atomic mass is 9.91. The fraction of sp³-hybridized carbons (Fsp3) is 0.500. The van der Waals surface area contributed by atoms with Crippen LogP contribution >= 0.6 is 0 Å². The van der Waals surface area contributed by atoms with Crippen LogP contribution in [0.1, 0.15) is 37.7 Å². The van der Waals surface area contributed by atoms with Gasteiger partial charge < -0.3 is 0 Å². The third-order valence-corrected chi connectivity index (χ3v) is 3.87. The first-order valence-electron chi connectivity index (χ1n) is 7.03. The Labute approximate surface area is 114 Å². The standard InChI is InChI=1S/C16H21NO2/c1-17-15(18)12-11-14(16(17)19)10-6-5-9-13-7-3-2-4-8-13/h2-4,7-8,14H,5-6,9-12H2,1H3. The van der Waals surface area contributed by atoms with Gasteiger partial charge in [-0.15, -0.1) is 0 Å². The predicted molar refractivity (Wildman–Crippen MR) is 74.5 cm³/mol. The minimum atomic E-state index is -0.0365. The molecule has 0 radical (unpaired) electrons. The summed E-state index contributed by atoms with van der Waals surface area (Å²) in [5.74, 6) is 0.0278. The Hall–Kier alpha value is -1.64. The van der Waals surface area contributed by atoms with E-state index in [4.69, 9.17) is 0 Å². The second-order valence-corrected chi connectivity index (χ2v) is 5.26. The van der Waals surface area contributed by atoms with E-state index in [-0.39, 0.29) is 17.7 Å². The summed E-state index contributed by atoms with van der Waals surface area (Å²) in [6.07, 6.45) is 5.37. The first kappa shape index (κ1) is 13.8. The molecule has 0 spiro atoms. The largest absolute Gasteiger partial charge is 0.286 e. The lowest BCUT2D eigenvalue weighted by molar-refractivity contribution is -0.150. The number of benzene rings is 1. The van der Waals surface area contributed by atoms with E-state index in [0.717, 1.165) is 32.1 Å². The number of likely N-dealkylation sites (tertiary alicyclic amines) is 1. The van der Waals surface area contributed by atoms with E-state index < -0.39 is 0 Å². The molecule has 1 aliphatic heterocycles. The van der Waals surface area contributed by atoms with E-state index in [1.54, 1.807) is 7.05 Å². The Morgan fingerprint density at radius 1 is 1.16 bits per heavy atom. The van der Waals surface area contributed by atoms with Gasteiger partial charge in [0.05, 0.1) is 0 Å². The Bertz CT molecular complexity index is 441. The minimum absolute atomic E-state index is 0.0101. The van der Waals surface area contributed by atoms with Crippen LogP contribution in [0.2, 0.25) is 0 Å². The number of unbranched alkanes of at least 4 members (excludes halogenated alkanes) is 1. The van der Waals surface area contributed by atoms with Gasteiger partial charge in [-0.05, 0) is 31.2 Å². The average molecular weight is 259 g/mol. The van der Waals surface area contributed by atoms with Crippen molar-refractivity contribution in [3.63, 3.8) is 0 Å². The maximum Gasteiger partial charge on any atom is 0.232 e. The Morgan fingerprint density at radius 3 is 2.63 bits per heavy atom. The molecule has 1 aromatic rings. The SMILES string of the molecule is CN1C(=O)CCC(CCCCc2ccccc2)C1=O. The molecule has 102 valence electrons. The quantitative estimate of drug-likeness (QED) is 0.602. The number of hydrogen-bond acceptors (Lipinski definition) is 2. The molecule has 0 aromatic heterocycles. The molecule has 2 rings (SSSR count). The van der Waals surface area contributed by atoms with Crippen molar-refractivity contribution < 1.29 is 9.59 Å². The number of piperidine rings is 1. The van der Waals surface area contributed by atoms with E-state index in [1.165, 1.54) is 10.5 Å². The fourth-order valence-corrected chi connectivity index (χ4v) is 2.62. The first-order valence-corrected chi connectivity index (χ1v) is 7.03. The number of nitrogens with zero attached hydrogens (tertiary/aromatic N) is 1. The highest BCUT2D eigenvalue weighted by atomic mass is 16.2. The van der Waals surface area contributed by atoms with Crippen LogP contribution in [0.15, 0.2) is 30.3 Å². The molecule has 0 aliphatic carbocycles. The van der Waals surface area contributed by atoms with Crippen molar-refractivity contribution in [2.75, 3.05) is 7.05 Å². The fourth-order valence-electron chi connectivity index (χ4n) is 2.62. The van der Waals surface area contributed by atoms with Gasteiger partial charge in [-0.3, -0.25) is 14.5 Å². The number of carbonyl (C=O) groups is 2. The monoisotopic (exact) mass is 259 g/mol. The van der Waals surface area contributed by atoms with E-state index in [1.807, 2.05) is 6.07 Å². The number of hydrogen-bond donors (Lipinski definition) is 0. The summed E-state index contributed by atoms with van der Waals surface area (Å²) < 4.78 is 0. The highest BCUT2D eigenvalue weighted by Crippen LogP contribution is 2.23. The molecule has 3 heteroatoms. The third-order valence-electron chi connectivity index (χ3n) is 3.87. The van der Waals surface area contributed by atoms with E-state index in [2.05, 4.69) is 24.3 Å². The molecule has 0 bridgehead atoms. The summed E-state index contributed by atoms with van der Waals surface area (Å²) in [7, 11) is 1.60. The van der Waals surface area contributed by atoms with Crippen LogP contribution < -0.4 is 0 Å². The van der Waals surface area contributed by atoms with Gasteiger partial charge in [-0.2, -0.15) is 0 Å². The maximum atomic E-state index is 11.9. The van der Waals surface area contributed by atoms with Gasteiger partial charge in [0.2, 0.25) is 11.8 Å². The molecule has 19 heavy (non-hydrogen) atoms. The van der Waals surface area contributed by atoms with Crippen molar-refractivity contribution in [1.82, 2.24) is 4.90 Å². The number of amides is 2. The van der Waals surface area contributed by atoms with Crippen molar-refractivity contribution in [1.29, 1.82) is 0 Å². The summed E-state index contributed by atoms with van der Waals surface area (Å²) in [6, 6.07) is 10.4. The minimum Gasteiger partial charge on any atom is -0.286 e. The van der Waals surface area contributed by atoms with Gasteiger partial charge in [0.15, 0.2) is 0 Å². The molecule has 2 amide bonds. The normalized spacial score (nSPS) is 19.8. The van der Waals surface area contributed by atoms with Crippen molar-refractivity contribution in [2.45, 2.75) is 38.5 Å². The zero-order chi connectivity index (χ0) is 13.7. The molecule has 3 nitrogen and oxygen atoms in total. The van der Waals surface area contributed by atoms with Crippen LogP contribution in [0.5, 0.6) is 0 Å². The van der Waals surface area contributed by atoms with Crippen LogP contribution in [0, 0.1) is 5.92 Å². The number of aryl methyl sites for hydroxylation is 1. The molecule has 1 saturated heterocycles. The molecule has 1 fully saturated rings. The van der Waals surface area contributed by atoms with Gasteiger partial charge in [-0.25, -0.2) is 0 Å². The molecular formula is C16H21NO2. The van der Waals surface area contributed by atoms with E-state index in [0.29, 0.717) is 6.42 Å². The van der Waals surface area contributed by atoms with Crippen molar-refractivity contribution in [2.24, 2.45) is 5.92 Å². The molecule has 0 saturated carbocycles. The Morgan fingerprint density at radius 2 is 1.89 bits per heavy atom. The molecule has 1 aromatic carbocycles. The highest BCUT2D eigenvalue weighted by molar-refractivity contribution is 5.98. The summed E-state index contributed by atoms with van der Waals surface area (Å²) in [5, 5.41) is 0. The molecule has 0 N–H and O–H groups in total. The number of carbonyl (C=O) groups excluding carboxylic acids is 2. The van der Waals surface area contributed by atoms with Crippen LogP contribution in [0.25, 0.3) is 0 Å². The van der Waals surface area contributed by atoms with Crippen molar-refractivity contribution in [3.8, 4) is 0 Å². The lowest BCUT2D eigenvalue weighted by Gasteiger charge is -2.27. The predicted octanol–water partition coefficient (Wildman–Crippen LogP) is 2.79. The summed E-state index contributed by atoms with van der Waals surface area (Å²) in [6.45, 7) is 0. The zero-order valence-electron chi connectivity index (χ0n) is 11.5. The van der Waals surface area contributed by atoms with Gasteiger partial charge in [-0.1, -0.05) is 36.8 Å². The highest BCUT2D eigenvalue weighted by Gasteiger charge is 2.30. The van der Waals surface area contributed by atoms with Crippen LogP contribution in [0.3, 0.4) is 0 Å². The van der Waals surface area contributed by atoms with Crippen LogP contribution in [0.4, 0.5) is 0 Å². The summed E-state index contributed by atoms with van der Waals surface area (Å²) in [5.41, 5.74) is 1.35. The molecule has 1 heterocycles. The van der Waals surface area contributed by atoms with Crippen molar-refractivity contribution >= 4 is 11.8 Å². The Kier molecular flexibility index (Phi) is 4.72. The topological polar surface area (TPSA) is 37.4 Å². The first-order chi connectivity index (χ1) is 9.18. The molecular weight excluding hydrogens is 238 g/mol. The second kappa shape index (κ2) is 6.50. The van der Waals surface area contributed by atoms with Crippen molar-refractivity contribution in [3.05, 3.63) is 35.9 Å². The molecule has 1 unspecified atom stereocenters. The van der Waals surface area contributed by atoms with Gasteiger partial charge >= 0.3 is 0 Å². The lowest BCUT2D eigenvalue weighted by Crippen LogP contribution is -2.42. The van der Waals surface area contributed by atoms with Crippen LogP contribution in [-0.4, -0.2) is 23.8 Å². The maximum absolute atomic E-state index is 11.9. The summed E-state index contributed by atoms with van der Waals surface area (Å²) >= 11 is 0. The second-order valence-electron chi connectivity index (χ2n) is 5.26. The zero-order valence-corrected chi connectivity index (χ0v) is 11.5. The van der Waals surface area contributed by atoms with E-state index in [9.17, 15) is 9.59 Å². The Balaban J connectivity index is 1.71. The average Bonchev–Trinajstić information content (AvgIpc) is 2.44. The van der Waals surface area contributed by atoms with Crippen LogP contribution in [-0.2, 0) is 16.0 Å². The number of rotatable bonds is 5. The van der Waals surface area contributed by atoms with Gasteiger partial charge in [0, 0.05) is 19.4 Å². The number of imide groups is 1. The molecule has 1 atom stereocenters.